The van der Waals surface area contributed by atoms with Crippen molar-refractivity contribution in [1.82, 2.24) is 4.98 Å². The number of alkyl halides is 3. The molecule has 0 saturated heterocycles. The molecule has 7 heteroatoms. The number of hydrogen-bond donors (Lipinski definition) is 0. The van der Waals surface area contributed by atoms with E-state index in [0.29, 0.717) is 0 Å². The largest absolute Gasteiger partial charge is 0.465 e. The summed E-state index contributed by atoms with van der Waals surface area (Å²) in [7, 11) is 1.08. The summed E-state index contributed by atoms with van der Waals surface area (Å²) in [5.74, 6) is -0.849. The summed E-state index contributed by atoms with van der Waals surface area (Å²) in [6.07, 6.45) is -4.00. The van der Waals surface area contributed by atoms with Gasteiger partial charge in [-0.2, -0.15) is 18.4 Å². The monoisotopic (exact) mass is 230 g/mol. The highest BCUT2D eigenvalue weighted by Crippen LogP contribution is 2.30. The lowest BCUT2D eigenvalue weighted by Gasteiger charge is -2.07. The number of pyridine rings is 1. The zero-order valence-electron chi connectivity index (χ0n) is 8.00. The van der Waals surface area contributed by atoms with Gasteiger partial charge in [0.05, 0.1) is 18.2 Å². The highest BCUT2D eigenvalue weighted by molar-refractivity contribution is 5.89. The molecule has 0 fully saturated rings. The van der Waals surface area contributed by atoms with E-state index in [1.54, 1.807) is 0 Å². The second-order valence-corrected chi connectivity index (χ2v) is 2.72. The molecule has 0 amide bonds. The van der Waals surface area contributed by atoms with Crippen LogP contribution in [0.2, 0.25) is 0 Å². The minimum Gasteiger partial charge on any atom is -0.465 e. The van der Waals surface area contributed by atoms with Gasteiger partial charge in [-0.15, -0.1) is 0 Å². The van der Waals surface area contributed by atoms with Crippen LogP contribution in [0, 0.1) is 11.3 Å². The van der Waals surface area contributed by atoms with E-state index in [2.05, 4.69) is 9.72 Å². The molecule has 84 valence electrons. The number of carbonyl (C=O) groups is 1. The minimum atomic E-state index is -4.72. The topological polar surface area (TPSA) is 63.0 Å². The van der Waals surface area contributed by atoms with Crippen LogP contribution in [0.5, 0.6) is 0 Å². The Morgan fingerprint density at radius 3 is 2.62 bits per heavy atom. The number of esters is 1. The molecule has 0 aliphatic heterocycles. The van der Waals surface area contributed by atoms with Gasteiger partial charge in [-0.3, -0.25) is 0 Å². The van der Waals surface area contributed by atoms with E-state index >= 15 is 0 Å². The summed E-state index contributed by atoms with van der Waals surface area (Å²) >= 11 is 0. The molecule has 0 spiro atoms. The zero-order chi connectivity index (χ0) is 12.3. The minimum absolute atomic E-state index is 0.202. The van der Waals surface area contributed by atoms with Gasteiger partial charge in [0.15, 0.2) is 5.69 Å². The van der Waals surface area contributed by atoms with Crippen molar-refractivity contribution in [3.8, 4) is 6.07 Å². The fraction of sp³-hybridized carbons (Fsp3) is 0.222. The van der Waals surface area contributed by atoms with Crippen LogP contribution in [-0.2, 0) is 10.9 Å². The molecule has 1 aromatic rings. The van der Waals surface area contributed by atoms with Crippen LogP contribution in [0.4, 0.5) is 13.2 Å². The van der Waals surface area contributed by atoms with Crippen LogP contribution < -0.4 is 0 Å². The van der Waals surface area contributed by atoms with Gasteiger partial charge >= 0.3 is 12.1 Å². The molecule has 0 aromatic carbocycles. The fourth-order valence-corrected chi connectivity index (χ4v) is 1.01. The molecule has 0 aliphatic carbocycles. The molecular formula is C9H5F3N2O2. The second kappa shape index (κ2) is 4.18. The Morgan fingerprint density at radius 2 is 2.19 bits per heavy atom. The SMILES string of the molecule is COC(=O)c1cnc(C(F)(F)F)c(C#N)c1. The first kappa shape index (κ1) is 12.0. The van der Waals surface area contributed by atoms with Crippen LogP contribution in [-0.4, -0.2) is 18.1 Å². The third kappa shape index (κ3) is 2.28. The van der Waals surface area contributed by atoms with Crippen molar-refractivity contribution in [1.29, 1.82) is 5.26 Å². The van der Waals surface area contributed by atoms with Gasteiger partial charge in [0, 0.05) is 6.20 Å². The first-order valence-corrected chi connectivity index (χ1v) is 3.95. The molecule has 0 aliphatic rings. The van der Waals surface area contributed by atoms with Gasteiger partial charge in [-0.1, -0.05) is 0 Å². The maximum Gasteiger partial charge on any atom is 0.434 e. The third-order valence-electron chi connectivity index (χ3n) is 1.70. The number of rotatable bonds is 1. The molecule has 0 unspecified atom stereocenters. The lowest BCUT2D eigenvalue weighted by atomic mass is 10.1. The Morgan fingerprint density at radius 1 is 1.56 bits per heavy atom. The van der Waals surface area contributed by atoms with Gasteiger partial charge in [0.25, 0.3) is 0 Å². The van der Waals surface area contributed by atoms with E-state index in [4.69, 9.17) is 5.26 Å². The highest BCUT2D eigenvalue weighted by atomic mass is 19.4. The number of carbonyl (C=O) groups excluding carboxylic acids is 1. The van der Waals surface area contributed by atoms with E-state index in [9.17, 15) is 18.0 Å². The average Bonchev–Trinajstić information content (AvgIpc) is 2.25. The Labute approximate surface area is 88.3 Å². The Hall–Kier alpha value is -2.10. The van der Waals surface area contributed by atoms with Gasteiger partial charge < -0.3 is 4.74 Å². The molecule has 0 radical (unpaired) electrons. The lowest BCUT2D eigenvalue weighted by molar-refractivity contribution is -0.141. The second-order valence-electron chi connectivity index (χ2n) is 2.72. The number of methoxy groups -OCH3 is 1. The summed E-state index contributed by atoms with van der Waals surface area (Å²) in [4.78, 5) is 14.0. The average molecular weight is 230 g/mol. The van der Waals surface area contributed by atoms with E-state index in [1.165, 1.54) is 6.07 Å². The summed E-state index contributed by atoms with van der Waals surface area (Å²) < 4.78 is 41.3. The van der Waals surface area contributed by atoms with Gasteiger partial charge in [-0.25, -0.2) is 9.78 Å². The number of halogens is 3. The molecule has 0 saturated carbocycles. The van der Waals surface area contributed by atoms with Crippen molar-refractivity contribution in [2.75, 3.05) is 7.11 Å². The molecule has 1 aromatic heterocycles. The molecule has 1 rings (SSSR count). The predicted molar refractivity (Wildman–Crippen MR) is 45.3 cm³/mol. The quantitative estimate of drug-likeness (QED) is 0.689. The number of aromatic nitrogens is 1. The van der Waals surface area contributed by atoms with Crippen molar-refractivity contribution in [2.24, 2.45) is 0 Å². The molecule has 1 heterocycles. The van der Waals surface area contributed by atoms with Crippen molar-refractivity contribution in [2.45, 2.75) is 6.18 Å². The summed E-state index contributed by atoms with van der Waals surface area (Å²) in [5.41, 5.74) is -2.23. The van der Waals surface area contributed by atoms with Crippen molar-refractivity contribution < 1.29 is 22.7 Å². The lowest BCUT2D eigenvalue weighted by Crippen LogP contribution is -2.12. The van der Waals surface area contributed by atoms with E-state index in [-0.39, 0.29) is 5.56 Å². The number of nitrogens with zero attached hydrogens (tertiary/aromatic N) is 2. The van der Waals surface area contributed by atoms with E-state index < -0.39 is 23.4 Å². The fourth-order valence-electron chi connectivity index (χ4n) is 1.01. The maximum atomic E-state index is 12.3. The maximum absolute atomic E-state index is 12.3. The normalized spacial score (nSPS) is 10.7. The molecule has 0 N–H and O–H groups in total. The number of hydrogen-bond acceptors (Lipinski definition) is 4. The zero-order valence-corrected chi connectivity index (χ0v) is 8.00. The van der Waals surface area contributed by atoms with Crippen LogP contribution in [0.1, 0.15) is 21.6 Å². The molecule has 4 nitrogen and oxygen atoms in total. The van der Waals surface area contributed by atoms with E-state index in [0.717, 1.165) is 19.4 Å². The first-order valence-electron chi connectivity index (χ1n) is 3.95. The summed E-state index contributed by atoms with van der Waals surface area (Å²) in [6, 6.07) is 2.12. The van der Waals surface area contributed by atoms with Gasteiger partial charge in [0.1, 0.15) is 6.07 Å². The summed E-state index contributed by atoms with van der Waals surface area (Å²) in [5, 5.41) is 8.52. The van der Waals surface area contributed by atoms with Gasteiger partial charge in [0.2, 0.25) is 0 Å². The van der Waals surface area contributed by atoms with Gasteiger partial charge in [-0.05, 0) is 6.07 Å². The van der Waals surface area contributed by atoms with Crippen LogP contribution in [0.15, 0.2) is 12.3 Å². The molecule has 0 atom stereocenters. The first-order chi connectivity index (χ1) is 7.40. The smallest absolute Gasteiger partial charge is 0.434 e. The Balaban J connectivity index is 3.29. The van der Waals surface area contributed by atoms with Crippen LogP contribution in [0.3, 0.4) is 0 Å². The van der Waals surface area contributed by atoms with Crippen LogP contribution in [0.25, 0.3) is 0 Å². The number of nitriles is 1. The standard InChI is InChI=1S/C9H5F3N2O2/c1-16-8(15)6-2-5(3-13)7(14-4-6)9(10,11)12/h2,4H,1H3. The van der Waals surface area contributed by atoms with Crippen LogP contribution >= 0.6 is 0 Å². The van der Waals surface area contributed by atoms with Crippen molar-refractivity contribution in [3.63, 3.8) is 0 Å². The van der Waals surface area contributed by atoms with Crippen molar-refractivity contribution in [3.05, 3.63) is 29.1 Å². The Kier molecular flexibility index (Phi) is 3.13. The number of ether oxygens (including phenoxy) is 1. The molecule has 16 heavy (non-hydrogen) atoms. The summed E-state index contributed by atoms with van der Waals surface area (Å²) in [6.45, 7) is 0. The molecular weight excluding hydrogens is 225 g/mol. The Bertz CT molecular complexity index is 463. The molecule has 0 bridgehead atoms. The highest BCUT2D eigenvalue weighted by Gasteiger charge is 2.36. The van der Waals surface area contributed by atoms with Crippen molar-refractivity contribution >= 4 is 5.97 Å². The predicted octanol–water partition coefficient (Wildman–Crippen LogP) is 1.76. The van der Waals surface area contributed by atoms with E-state index in [1.807, 2.05) is 0 Å². The third-order valence-corrected chi connectivity index (χ3v) is 1.70.